The molecule has 0 spiro atoms. The average Bonchev–Trinajstić information content (AvgIpc) is 3.01. The molecule has 0 aliphatic carbocycles. The summed E-state index contributed by atoms with van der Waals surface area (Å²) < 4.78 is 18.3. The van der Waals surface area contributed by atoms with Crippen molar-refractivity contribution in [3.8, 4) is 0 Å². The first kappa shape index (κ1) is 18.7. The molecular weight excluding hydrogens is 343 g/mol. The second-order valence-corrected chi connectivity index (χ2v) is 7.03. The van der Waals surface area contributed by atoms with E-state index in [2.05, 4.69) is 15.0 Å². The number of ether oxygens (including phenoxy) is 1. The van der Waals surface area contributed by atoms with Gasteiger partial charge in [0.25, 0.3) is 0 Å². The van der Waals surface area contributed by atoms with E-state index in [0.29, 0.717) is 11.2 Å². The van der Waals surface area contributed by atoms with E-state index in [-0.39, 0.29) is 12.0 Å². The van der Waals surface area contributed by atoms with Crippen molar-refractivity contribution in [1.29, 1.82) is 0 Å². The Bertz CT molecular complexity index is 765. The zero-order valence-electron chi connectivity index (χ0n) is 12.5. The maximum Gasteiger partial charge on any atom is 0.326 e. The van der Waals surface area contributed by atoms with Crippen LogP contribution in [0.1, 0.15) is 6.23 Å². The second kappa shape index (κ2) is 6.69. The van der Waals surface area contributed by atoms with Crippen molar-refractivity contribution in [2.75, 3.05) is 18.5 Å². The highest BCUT2D eigenvalue weighted by atomic mass is 31.2. The number of hydrogen-bond donors (Lipinski definition) is 6. The van der Waals surface area contributed by atoms with Crippen LogP contribution in [0.2, 0.25) is 0 Å². The Morgan fingerprint density at radius 3 is 2.67 bits per heavy atom. The number of nitrogens with zero attached hydrogens (tertiary/aromatic N) is 4. The van der Waals surface area contributed by atoms with Crippen LogP contribution in [0.15, 0.2) is 12.7 Å². The Balaban J connectivity index is 0.00000208. The van der Waals surface area contributed by atoms with Gasteiger partial charge in [0.1, 0.15) is 24.2 Å². The number of aliphatic hydroxyl groups excluding tert-OH is 2. The van der Waals surface area contributed by atoms with Crippen LogP contribution < -0.4 is 11.9 Å². The number of rotatable bonds is 4. The Hall–Kier alpha value is -1.66. The van der Waals surface area contributed by atoms with Gasteiger partial charge in [-0.05, 0) is 0 Å². The lowest BCUT2D eigenvalue weighted by atomic mass is 10.0. The van der Waals surface area contributed by atoms with Crippen molar-refractivity contribution in [2.24, 2.45) is 5.92 Å². The quantitative estimate of drug-likeness (QED) is 0.348. The Kier molecular flexibility index (Phi) is 5.20. The maximum absolute atomic E-state index is 11.4. The molecule has 134 valence electrons. The standard InChI is InChI=1S/C11H16N5O6P.H3N/c12-9-7-10(14-3-13-9)16(4-15-7)11-5(2-23(19,20)21)8(18)6(1-17)22-11;/h3-6,8,11,17-18H,1-2H2,(H2,12,13,14)(H2,19,20,21);1H3. The van der Waals surface area contributed by atoms with Crippen molar-refractivity contribution in [2.45, 2.75) is 18.4 Å². The lowest BCUT2D eigenvalue weighted by Gasteiger charge is -2.21. The van der Waals surface area contributed by atoms with E-state index in [1.807, 2.05) is 0 Å². The first-order valence-corrected chi connectivity index (χ1v) is 8.53. The first-order chi connectivity index (χ1) is 10.8. The number of aromatic nitrogens is 4. The predicted octanol–water partition coefficient (Wildman–Crippen LogP) is -1.39. The van der Waals surface area contributed by atoms with Gasteiger partial charge < -0.3 is 36.6 Å². The number of anilines is 1. The lowest BCUT2D eigenvalue weighted by molar-refractivity contribution is -0.0447. The van der Waals surface area contributed by atoms with E-state index < -0.39 is 44.7 Å². The van der Waals surface area contributed by atoms with Gasteiger partial charge >= 0.3 is 7.60 Å². The molecule has 2 aromatic heterocycles. The minimum atomic E-state index is -4.41. The fraction of sp³-hybridized carbons (Fsp3) is 0.545. The molecule has 0 saturated carbocycles. The van der Waals surface area contributed by atoms with Crippen molar-refractivity contribution in [1.82, 2.24) is 25.7 Å². The molecule has 13 heteroatoms. The minimum Gasteiger partial charge on any atom is -0.394 e. The molecule has 1 aliphatic rings. The number of nitrogens with two attached hydrogens (primary N) is 1. The minimum absolute atomic E-state index is 0. The lowest BCUT2D eigenvalue weighted by Crippen LogP contribution is -2.31. The highest BCUT2D eigenvalue weighted by Gasteiger charge is 2.47. The van der Waals surface area contributed by atoms with Gasteiger partial charge in [0, 0.05) is 5.92 Å². The maximum atomic E-state index is 11.4. The van der Waals surface area contributed by atoms with Crippen molar-refractivity contribution in [3.63, 3.8) is 0 Å². The highest BCUT2D eigenvalue weighted by molar-refractivity contribution is 7.51. The van der Waals surface area contributed by atoms with Gasteiger partial charge in [-0.2, -0.15) is 0 Å². The fourth-order valence-corrected chi connectivity index (χ4v) is 3.70. The van der Waals surface area contributed by atoms with E-state index in [9.17, 15) is 24.6 Å². The molecular formula is C11H19N6O6P. The predicted molar refractivity (Wildman–Crippen MR) is 82.2 cm³/mol. The molecule has 1 fully saturated rings. The van der Waals surface area contributed by atoms with Crippen molar-refractivity contribution in [3.05, 3.63) is 12.7 Å². The van der Waals surface area contributed by atoms with Crippen LogP contribution in [0.4, 0.5) is 5.82 Å². The summed E-state index contributed by atoms with van der Waals surface area (Å²) in [6.45, 7) is -0.487. The van der Waals surface area contributed by atoms with Gasteiger partial charge in [-0.3, -0.25) is 9.13 Å². The number of nitrogen functional groups attached to an aromatic ring is 1. The fourth-order valence-electron chi connectivity index (χ4n) is 2.76. The summed E-state index contributed by atoms with van der Waals surface area (Å²) >= 11 is 0. The third-order valence-electron chi connectivity index (χ3n) is 3.79. The third kappa shape index (κ3) is 3.26. The zero-order chi connectivity index (χ0) is 16.8. The summed E-state index contributed by atoms with van der Waals surface area (Å²) in [5.74, 6) is -0.792. The van der Waals surface area contributed by atoms with Crippen LogP contribution in [0.25, 0.3) is 11.2 Å². The molecule has 0 radical (unpaired) electrons. The topological polar surface area (TPSA) is 212 Å². The van der Waals surface area contributed by atoms with Crippen LogP contribution in [-0.4, -0.2) is 64.5 Å². The van der Waals surface area contributed by atoms with Crippen LogP contribution in [0.3, 0.4) is 0 Å². The first-order valence-electron chi connectivity index (χ1n) is 6.74. The van der Waals surface area contributed by atoms with Crippen LogP contribution in [0, 0.1) is 5.92 Å². The normalized spacial score (nSPS) is 27.3. The van der Waals surface area contributed by atoms with Gasteiger partial charge in [-0.1, -0.05) is 0 Å². The summed E-state index contributed by atoms with van der Waals surface area (Å²) in [6.07, 6.45) is -1.19. The number of hydrogen-bond acceptors (Lipinski definition) is 9. The average molecular weight is 362 g/mol. The molecule has 9 N–H and O–H groups in total. The summed E-state index contributed by atoms with van der Waals surface area (Å²) in [6, 6.07) is 0. The van der Waals surface area contributed by atoms with Crippen molar-refractivity contribution >= 4 is 24.6 Å². The number of fused-ring (bicyclic) bond motifs is 1. The summed E-state index contributed by atoms with van der Waals surface area (Å²) in [7, 11) is -4.41. The molecule has 3 rings (SSSR count). The number of aliphatic hydroxyl groups is 2. The van der Waals surface area contributed by atoms with Crippen LogP contribution >= 0.6 is 7.60 Å². The summed E-state index contributed by atoms with van der Waals surface area (Å²) in [5, 5.41) is 19.5. The SMILES string of the molecule is N.Nc1ncnc2c1ncn2C1OC(CO)C(O)C1CP(=O)(O)O. The molecule has 1 saturated heterocycles. The van der Waals surface area contributed by atoms with E-state index >= 15 is 0 Å². The largest absolute Gasteiger partial charge is 0.394 e. The molecule has 3 heterocycles. The molecule has 4 atom stereocenters. The molecule has 4 unspecified atom stereocenters. The Morgan fingerprint density at radius 2 is 2.04 bits per heavy atom. The smallest absolute Gasteiger partial charge is 0.326 e. The summed E-state index contributed by atoms with van der Waals surface area (Å²) in [4.78, 5) is 30.4. The molecule has 1 aliphatic heterocycles. The molecule has 24 heavy (non-hydrogen) atoms. The van der Waals surface area contributed by atoms with Gasteiger partial charge in [-0.15, -0.1) is 0 Å². The molecule has 0 amide bonds. The molecule has 0 aromatic carbocycles. The highest BCUT2D eigenvalue weighted by Crippen LogP contribution is 2.46. The number of imidazole rings is 1. The van der Waals surface area contributed by atoms with E-state index in [1.54, 1.807) is 0 Å². The van der Waals surface area contributed by atoms with Crippen molar-refractivity contribution < 1.29 is 29.3 Å². The van der Waals surface area contributed by atoms with Gasteiger partial charge in [0.2, 0.25) is 0 Å². The third-order valence-corrected chi connectivity index (χ3v) is 4.69. The summed E-state index contributed by atoms with van der Waals surface area (Å²) in [5.41, 5.74) is 6.33. The van der Waals surface area contributed by atoms with E-state index in [1.165, 1.54) is 17.2 Å². The van der Waals surface area contributed by atoms with Gasteiger partial charge in [0.15, 0.2) is 11.5 Å². The van der Waals surface area contributed by atoms with E-state index in [0.717, 1.165) is 0 Å². The zero-order valence-corrected chi connectivity index (χ0v) is 13.4. The molecule has 12 nitrogen and oxygen atoms in total. The second-order valence-electron chi connectivity index (χ2n) is 5.33. The van der Waals surface area contributed by atoms with Crippen LogP contribution in [-0.2, 0) is 9.30 Å². The molecule has 2 aromatic rings. The Labute approximate surface area is 136 Å². The van der Waals surface area contributed by atoms with E-state index in [4.69, 9.17) is 10.5 Å². The molecule has 0 bridgehead atoms. The van der Waals surface area contributed by atoms with Crippen LogP contribution in [0.5, 0.6) is 0 Å². The van der Waals surface area contributed by atoms with Gasteiger partial charge in [-0.25, -0.2) is 15.0 Å². The van der Waals surface area contributed by atoms with Gasteiger partial charge in [0.05, 0.1) is 25.2 Å². The Morgan fingerprint density at radius 1 is 1.33 bits per heavy atom. The monoisotopic (exact) mass is 362 g/mol.